The minimum absolute atomic E-state index is 0.186. The van der Waals surface area contributed by atoms with Gasteiger partial charge in [0.15, 0.2) is 0 Å². The highest BCUT2D eigenvalue weighted by atomic mass is 35.5. The molecule has 0 atom stereocenters. The van der Waals surface area contributed by atoms with Gasteiger partial charge in [-0.05, 0) is 46.3 Å². The topological polar surface area (TPSA) is 63.8 Å². The first-order valence-electron chi connectivity index (χ1n) is 3.50. The van der Waals surface area contributed by atoms with Crippen LogP contribution in [0.3, 0.4) is 0 Å². The van der Waals surface area contributed by atoms with Crippen molar-refractivity contribution in [2.75, 3.05) is 0 Å². The average molecular weight is 197 g/mol. The first kappa shape index (κ1) is 8.00. The van der Waals surface area contributed by atoms with Crippen LogP contribution in [0.4, 0.5) is 0 Å². The quantitative estimate of drug-likeness (QED) is 0.740. The molecule has 0 spiro atoms. The van der Waals surface area contributed by atoms with E-state index in [2.05, 4.69) is 15.5 Å². The number of phenols is 1. The molecular formula is C7H5ClN4O. The molecule has 1 aromatic heterocycles. The minimum atomic E-state index is 0.186. The van der Waals surface area contributed by atoms with Crippen LogP contribution in [-0.4, -0.2) is 25.3 Å². The zero-order valence-electron chi connectivity index (χ0n) is 6.42. The van der Waals surface area contributed by atoms with Crippen LogP contribution in [0.1, 0.15) is 0 Å². The van der Waals surface area contributed by atoms with Crippen LogP contribution in [0.15, 0.2) is 24.3 Å². The second kappa shape index (κ2) is 3.02. The predicted molar refractivity (Wildman–Crippen MR) is 45.8 cm³/mol. The van der Waals surface area contributed by atoms with Crippen molar-refractivity contribution in [2.24, 2.45) is 0 Å². The summed E-state index contributed by atoms with van der Waals surface area (Å²) in [7, 11) is 0. The zero-order valence-corrected chi connectivity index (χ0v) is 7.18. The summed E-state index contributed by atoms with van der Waals surface area (Å²) >= 11 is 5.68. The largest absolute Gasteiger partial charge is 0.508 e. The van der Waals surface area contributed by atoms with Gasteiger partial charge in [0.1, 0.15) is 5.75 Å². The van der Waals surface area contributed by atoms with E-state index in [-0.39, 0.29) is 11.0 Å². The smallest absolute Gasteiger partial charge is 0.247 e. The first-order chi connectivity index (χ1) is 6.27. The van der Waals surface area contributed by atoms with Crippen LogP contribution in [-0.2, 0) is 0 Å². The molecule has 0 fully saturated rings. The number of hydrogen-bond donors (Lipinski definition) is 1. The molecule has 0 aliphatic heterocycles. The number of nitrogens with zero attached hydrogens (tertiary/aromatic N) is 4. The number of rotatable bonds is 1. The molecule has 1 heterocycles. The van der Waals surface area contributed by atoms with Crippen molar-refractivity contribution in [2.45, 2.75) is 0 Å². The van der Waals surface area contributed by atoms with Gasteiger partial charge < -0.3 is 5.11 Å². The Hall–Kier alpha value is -1.62. The van der Waals surface area contributed by atoms with Crippen molar-refractivity contribution in [3.05, 3.63) is 29.5 Å². The van der Waals surface area contributed by atoms with Crippen molar-refractivity contribution in [1.82, 2.24) is 20.2 Å². The van der Waals surface area contributed by atoms with Crippen LogP contribution in [0, 0.1) is 0 Å². The van der Waals surface area contributed by atoms with E-state index in [0.717, 1.165) is 0 Å². The van der Waals surface area contributed by atoms with Crippen molar-refractivity contribution >= 4 is 11.6 Å². The summed E-state index contributed by atoms with van der Waals surface area (Å²) in [5, 5.41) is 19.8. The van der Waals surface area contributed by atoms with E-state index in [9.17, 15) is 0 Å². The summed E-state index contributed by atoms with van der Waals surface area (Å²) in [6.07, 6.45) is 0. The van der Waals surface area contributed by atoms with E-state index in [1.807, 2.05) is 0 Å². The SMILES string of the molecule is Oc1ccc(-n2nnnc2Cl)cc1. The lowest BCUT2D eigenvalue weighted by Crippen LogP contribution is -1.95. The lowest BCUT2D eigenvalue weighted by molar-refractivity contribution is 0.475. The summed E-state index contributed by atoms with van der Waals surface area (Å²) < 4.78 is 1.36. The van der Waals surface area contributed by atoms with E-state index >= 15 is 0 Å². The van der Waals surface area contributed by atoms with Gasteiger partial charge in [-0.3, -0.25) is 0 Å². The zero-order chi connectivity index (χ0) is 9.26. The third kappa shape index (κ3) is 1.46. The monoisotopic (exact) mass is 196 g/mol. The molecule has 0 aliphatic carbocycles. The maximum absolute atomic E-state index is 9.03. The molecule has 0 saturated carbocycles. The fourth-order valence-corrected chi connectivity index (χ4v) is 1.09. The molecule has 1 aromatic carbocycles. The summed E-state index contributed by atoms with van der Waals surface area (Å²) in [5.74, 6) is 0.188. The number of phenolic OH excluding ortho intramolecular Hbond substituents is 1. The molecule has 6 heteroatoms. The molecule has 0 unspecified atom stereocenters. The molecule has 2 rings (SSSR count). The van der Waals surface area contributed by atoms with Crippen LogP contribution in [0.2, 0.25) is 5.28 Å². The first-order valence-corrected chi connectivity index (χ1v) is 3.88. The van der Waals surface area contributed by atoms with Crippen LogP contribution < -0.4 is 0 Å². The number of aromatic nitrogens is 4. The van der Waals surface area contributed by atoms with Crippen molar-refractivity contribution in [3.8, 4) is 11.4 Å². The van der Waals surface area contributed by atoms with Gasteiger partial charge in [-0.1, -0.05) is 5.10 Å². The molecule has 2 aromatic rings. The molecular weight excluding hydrogens is 192 g/mol. The van der Waals surface area contributed by atoms with Gasteiger partial charge in [-0.2, -0.15) is 4.68 Å². The highest BCUT2D eigenvalue weighted by Gasteiger charge is 2.03. The molecule has 0 aliphatic rings. The Morgan fingerprint density at radius 1 is 1.23 bits per heavy atom. The van der Waals surface area contributed by atoms with E-state index in [0.29, 0.717) is 5.69 Å². The van der Waals surface area contributed by atoms with Crippen LogP contribution in [0.25, 0.3) is 5.69 Å². The fraction of sp³-hybridized carbons (Fsp3) is 0. The number of hydrogen-bond acceptors (Lipinski definition) is 4. The molecule has 5 nitrogen and oxygen atoms in total. The number of aromatic hydroxyl groups is 1. The highest BCUT2D eigenvalue weighted by Crippen LogP contribution is 2.15. The maximum atomic E-state index is 9.03. The van der Waals surface area contributed by atoms with Gasteiger partial charge in [0.05, 0.1) is 5.69 Å². The Bertz CT molecular complexity index is 411. The second-order valence-corrected chi connectivity index (χ2v) is 2.71. The van der Waals surface area contributed by atoms with E-state index in [1.54, 1.807) is 12.1 Å². The standard InChI is InChI=1S/C7H5ClN4O/c8-7-9-10-11-12(7)5-1-3-6(13)4-2-5/h1-4,13H. The molecule has 66 valence electrons. The van der Waals surface area contributed by atoms with Gasteiger partial charge >= 0.3 is 0 Å². The summed E-state index contributed by atoms with van der Waals surface area (Å²) in [6, 6.07) is 6.40. The number of tetrazole rings is 1. The van der Waals surface area contributed by atoms with Crippen molar-refractivity contribution < 1.29 is 5.11 Å². The van der Waals surface area contributed by atoms with Gasteiger partial charge in [-0.25, -0.2) is 0 Å². The van der Waals surface area contributed by atoms with Gasteiger partial charge in [0, 0.05) is 0 Å². The van der Waals surface area contributed by atoms with Crippen LogP contribution >= 0.6 is 11.6 Å². The molecule has 0 radical (unpaired) electrons. The van der Waals surface area contributed by atoms with Crippen LogP contribution in [0.5, 0.6) is 5.75 Å². The van der Waals surface area contributed by atoms with E-state index in [4.69, 9.17) is 16.7 Å². The summed E-state index contributed by atoms with van der Waals surface area (Å²) in [4.78, 5) is 0. The van der Waals surface area contributed by atoms with Gasteiger partial charge in [0.2, 0.25) is 5.28 Å². The maximum Gasteiger partial charge on any atom is 0.247 e. The normalized spacial score (nSPS) is 10.2. The Morgan fingerprint density at radius 2 is 1.92 bits per heavy atom. The van der Waals surface area contributed by atoms with E-state index in [1.165, 1.54) is 16.8 Å². The van der Waals surface area contributed by atoms with Crippen molar-refractivity contribution in [1.29, 1.82) is 0 Å². The molecule has 0 amide bonds. The Balaban J connectivity index is 2.47. The Morgan fingerprint density at radius 3 is 2.46 bits per heavy atom. The second-order valence-electron chi connectivity index (χ2n) is 2.38. The molecule has 0 bridgehead atoms. The van der Waals surface area contributed by atoms with E-state index < -0.39 is 0 Å². The van der Waals surface area contributed by atoms with Gasteiger partial charge in [-0.15, -0.1) is 0 Å². The third-order valence-corrected chi connectivity index (χ3v) is 1.76. The predicted octanol–water partition coefficient (Wildman–Crippen LogP) is 1.02. The number of benzene rings is 1. The number of halogens is 1. The van der Waals surface area contributed by atoms with Crippen molar-refractivity contribution in [3.63, 3.8) is 0 Å². The fourth-order valence-electron chi connectivity index (χ4n) is 0.928. The van der Waals surface area contributed by atoms with Gasteiger partial charge in [0.25, 0.3) is 0 Å². The third-order valence-electron chi connectivity index (χ3n) is 1.53. The summed E-state index contributed by atoms with van der Waals surface area (Å²) in [5.41, 5.74) is 0.702. The molecule has 0 saturated heterocycles. The lowest BCUT2D eigenvalue weighted by atomic mass is 10.3. The Kier molecular flexibility index (Phi) is 1.86. The molecule has 13 heavy (non-hydrogen) atoms. The Labute approximate surface area is 78.6 Å². The highest BCUT2D eigenvalue weighted by molar-refractivity contribution is 6.28. The lowest BCUT2D eigenvalue weighted by Gasteiger charge is -1.99. The average Bonchev–Trinajstić information content (AvgIpc) is 2.53. The minimum Gasteiger partial charge on any atom is -0.508 e. The summed E-state index contributed by atoms with van der Waals surface area (Å²) in [6.45, 7) is 0. The molecule has 1 N–H and O–H groups in total.